The Morgan fingerprint density at radius 3 is 2.47 bits per heavy atom. The zero-order valence-electron chi connectivity index (χ0n) is 10.0. The number of hydrogen-bond donors (Lipinski definition) is 1. The number of hydrogen-bond acceptors (Lipinski definition) is 2. The fraction of sp³-hybridized carbons (Fsp3) is 0.200. The van der Waals surface area contributed by atoms with E-state index in [-0.39, 0.29) is 0 Å². The van der Waals surface area contributed by atoms with Gasteiger partial charge in [0.2, 0.25) is 0 Å². The average Bonchev–Trinajstić information content (AvgIpc) is 2.34. The molecule has 0 unspecified atom stereocenters. The maximum atomic E-state index is 5.87. The Labute approximate surface area is 102 Å². The normalized spacial score (nSPS) is 10.2. The van der Waals surface area contributed by atoms with Gasteiger partial charge >= 0.3 is 0 Å². The van der Waals surface area contributed by atoms with Crippen LogP contribution in [0.5, 0.6) is 5.75 Å². The fourth-order valence-corrected chi connectivity index (χ4v) is 1.75. The number of anilines is 1. The van der Waals surface area contributed by atoms with Gasteiger partial charge in [-0.15, -0.1) is 0 Å². The lowest BCUT2D eigenvalue weighted by molar-refractivity contribution is 0.320. The maximum absolute atomic E-state index is 5.87. The van der Waals surface area contributed by atoms with Crippen LogP contribution < -0.4 is 10.5 Å². The van der Waals surface area contributed by atoms with E-state index >= 15 is 0 Å². The van der Waals surface area contributed by atoms with Crippen molar-refractivity contribution in [1.82, 2.24) is 0 Å². The highest BCUT2D eigenvalue weighted by molar-refractivity contribution is 5.46. The van der Waals surface area contributed by atoms with Crippen molar-refractivity contribution in [3.63, 3.8) is 0 Å². The van der Waals surface area contributed by atoms with Gasteiger partial charge in [0.05, 0.1) is 6.61 Å². The van der Waals surface area contributed by atoms with Gasteiger partial charge in [0.1, 0.15) is 5.75 Å². The predicted molar refractivity (Wildman–Crippen MR) is 71.2 cm³/mol. The van der Waals surface area contributed by atoms with Crippen LogP contribution >= 0.6 is 0 Å². The smallest absolute Gasteiger partial charge is 0.122 e. The van der Waals surface area contributed by atoms with Crippen LogP contribution in [-0.4, -0.2) is 6.61 Å². The van der Waals surface area contributed by atoms with E-state index in [1.54, 1.807) is 0 Å². The Hall–Kier alpha value is -1.96. The summed E-state index contributed by atoms with van der Waals surface area (Å²) in [5.41, 5.74) is 9.01. The predicted octanol–water partition coefficient (Wildman–Crippen LogP) is 3.20. The van der Waals surface area contributed by atoms with E-state index in [0.29, 0.717) is 6.61 Å². The molecule has 2 nitrogen and oxygen atoms in total. The molecule has 0 aromatic heterocycles. The molecule has 0 radical (unpaired) electrons. The van der Waals surface area contributed by atoms with Crippen molar-refractivity contribution in [2.45, 2.75) is 13.3 Å². The van der Waals surface area contributed by atoms with Gasteiger partial charge in [-0.2, -0.15) is 0 Å². The molecule has 0 spiro atoms. The lowest BCUT2D eigenvalue weighted by atomic mass is 10.1. The number of ether oxygens (including phenoxy) is 1. The van der Waals surface area contributed by atoms with Crippen LogP contribution in [0, 0.1) is 6.92 Å². The van der Waals surface area contributed by atoms with Crippen molar-refractivity contribution in [1.29, 1.82) is 0 Å². The first-order chi connectivity index (χ1) is 8.27. The van der Waals surface area contributed by atoms with Crippen LogP contribution in [-0.2, 0) is 6.42 Å². The molecule has 2 heteroatoms. The minimum atomic E-state index is 0.652. The van der Waals surface area contributed by atoms with Gasteiger partial charge in [0.25, 0.3) is 0 Å². The molecular weight excluding hydrogens is 210 g/mol. The summed E-state index contributed by atoms with van der Waals surface area (Å²) in [7, 11) is 0. The number of rotatable bonds is 4. The molecule has 0 saturated heterocycles. The zero-order chi connectivity index (χ0) is 12.1. The first-order valence-electron chi connectivity index (χ1n) is 5.79. The van der Waals surface area contributed by atoms with Gasteiger partial charge in [-0.25, -0.2) is 0 Å². The molecule has 17 heavy (non-hydrogen) atoms. The number of nitrogens with two attached hydrogens (primary N) is 1. The Balaban J connectivity index is 1.93. The van der Waals surface area contributed by atoms with Gasteiger partial charge < -0.3 is 10.5 Å². The summed E-state index contributed by atoms with van der Waals surface area (Å²) < 4.78 is 5.74. The minimum Gasteiger partial charge on any atom is -0.493 e. The third-order valence-electron chi connectivity index (χ3n) is 2.78. The largest absolute Gasteiger partial charge is 0.493 e. The van der Waals surface area contributed by atoms with E-state index in [9.17, 15) is 0 Å². The van der Waals surface area contributed by atoms with Crippen LogP contribution in [0.4, 0.5) is 5.69 Å². The molecular formula is C15H17NO. The van der Waals surface area contributed by atoms with Crippen molar-refractivity contribution < 1.29 is 4.74 Å². The number of aryl methyl sites for hydroxylation is 1. The summed E-state index contributed by atoms with van der Waals surface area (Å²) in [4.78, 5) is 0. The highest BCUT2D eigenvalue weighted by atomic mass is 16.5. The zero-order valence-corrected chi connectivity index (χ0v) is 10.0. The third-order valence-corrected chi connectivity index (χ3v) is 2.78. The summed E-state index contributed by atoms with van der Waals surface area (Å²) in [6.07, 6.45) is 0.834. The molecule has 0 amide bonds. The highest BCUT2D eigenvalue weighted by Crippen LogP contribution is 2.17. The molecule has 0 aliphatic carbocycles. The van der Waals surface area contributed by atoms with Gasteiger partial charge in [0.15, 0.2) is 0 Å². The van der Waals surface area contributed by atoms with Crippen molar-refractivity contribution in [2.75, 3.05) is 12.3 Å². The van der Waals surface area contributed by atoms with Crippen molar-refractivity contribution in [2.24, 2.45) is 0 Å². The van der Waals surface area contributed by atoms with Crippen LogP contribution in [0.1, 0.15) is 11.1 Å². The molecule has 2 aromatic rings. The summed E-state index contributed by atoms with van der Waals surface area (Å²) in [5.74, 6) is 0.946. The van der Waals surface area contributed by atoms with Crippen LogP contribution in [0.2, 0.25) is 0 Å². The Morgan fingerprint density at radius 1 is 1.00 bits per heavy atom. The topological polar surface area (TPSA) is 35.2 Å². The average molecular weight is 227 g/mol. The summed E-state index contributed by atoms with van der Waals surface area (Å²) in [6, 6.07) is 15.9. The van der Waals surface area contributed by atoms with Crippen molar-refractivity contribution in [3.8, 4) is 5.75 Å². The van der Waals surface area contributed by atoms with Crippen LogP contribution in [0.15, 0.2) is 48.5 Å². The second-order valence-electron chi connectivity index (χ2n) is 4.06. The van der Waals surface area contributed by atoms with E-state index in [1.165, 1.54) is 0 Å². The Morgan fingerprint density at radius 2 is 1.71 bits per heavy atom. The maximum Gasteiger partial charge on any atom is 0.122 e. The molecule has 2 rings (SSSR count). The second-order valence-corrected chi connectivity index (χ2v) is 4.06. The van der Waals surface area contributed by atoms with Crippen LogP contribution in [0.25, 0.3) is 0 Å². The molecule has 0 atom stereocenters. The number of benzene rings is 2. The first kappa shape index (κ1) is 11.5. The lowest BCUT2D eigenvalue weighted by Crippen LogP contribution is -2.04. The standard InChI is InChI=1S/C15H17NO/c1-12-6-2-5-9-15(12)17-11-10-13-7-3-4-8-14(13)16/h2-9H,10-11,16H2,1H3. The lowest BCUT2D eigenvalue weighted by Gasteiger charge is -2.09. The molecule has 0 aliphatic heterocycles. The third kappa shape index (κ3) is 3.00. The van der Waals surface area contributed by atoms with Gasteiger partial charge in [-0.1, -0.05) is 36.4 Å². The Kier molecular flexibility index (Phi) is 3.66. The quantitative estimate of drug-likeness (QED) is 0.814. The van der Waals surface area contributed by atoms with E-state index < -0.39 is 0 Å². The molecule has 0 bridgehead atoms. The first-order valence-corrected chi connectivity index (χ1v) is 5.79. The number of nitrogen functional groups attached to an aromatic ring is 1. The molecule has 0 fully saturated rings. The van der Waals surface area contributed by atoms with Crippen LogP contribution in [0.3, 0.4) is 0 Å². The Bertz CT molecular complexity index is 448. The molecule has 2 N–H and O–H groups in total. The molecule has 0 aliphatic rings. The van der Waals surface area contributed by atoms with E-state index in [4.69, 9.17) is 10.5 Å². The van der Waals surface area contributed by atoms with Crippen molar-refractivity contribution >= 4 is 5.69 Å². The second kappa shape index (κ2) is 5.39. The van der Waals surface area contributed by atoms with E-state index in [2.05, 4.69) is 0 Å². The summed E-state index contributed by atoms with van der Waals surface area (Å²) in [6.45, 7) is 2.70. The molecule has 2 aromatic carbocycles. The van der Waals surface area contributed by atoms with Gasteiger partial charge in [-0.05, 0) is 30.2 Å². The fourth-order valence-electron chi connectivity index (χ4n) is 1.75. The molecule has 0 heterocycles. The minimum absolute atomic E-state index is 0.652. The monoisotopic (exact) mass is 227 g/mol. The van der Waals surface area contributed by atoms with E-state index in [1.807, 2.05) is 55.5 Å². The SMILES string of the molecule is Cc1ccccc1OCCc1ccccc1N. The summed E-state index contributed by atoms with van der Waals surface area (Å²) >= 11 is 0. The van der Waals surface area contributed by atoms with E-state index in [0.717, 1.165) is 29.0 Å². The molecule has 88 valence electrons. The van der Waals surface area contributed by atoms with Crippen molar-refractivity contribution in [3.05, 3.63) is 59.7 Å². The molecule has 0 saturated carbocycles. The highest BCUT2D eigenvalue weighted by Gasteiger charge is 2.00. The van der Waals surface area contributed by atoms with Gasteiger partial charge in [0, 0.05) is 12.1 Å². The number of para-hydroxylation sites is 2. The van der Waals surface area contributed by atoms with Gasteiger partial charge in [-0.3, -0.25) is 0 Å². The summed E-state index contributed by atoms with van der Waals surface area (Å²) in [5, 5.41) is 0.